The molecule has 0 aliphatic carbocycles. The maximum Gasteiger partial charge on any atom is 0.152 e. The van der Waals surface area contributed by atoms with Gasteiger partial charge in [0, 0.05) is 6.42 Å². The Morgan fingerprint density at radius 3 is 2.33 bits per heavy atom. The molecule has 0 heterocycles. The summed E-state index contributed by atoms with van der Waals surface area (Å²) in [6.45, 7) is 3.23. The highest BCUT2D eigenvalue weighted by molar-refractivity contribution is 5.88. The van der Waals surface area contributed by atoms with Gasteiger partial charge >= 0.3 is 0 Å². The summed E-state index contributed by atoms with van der Waals surface area (Å²) in [5, 5.41) is 0. The van der Waals surface area contributed by atoms with Crippen molar-refractivity contribution in [2.75, 3.05) is 0 Å². The summed E-state index contributed by atoms with van der Waals surface area (Å²) in [5.74, 6) is -0.00523. The molecule has 0 aromatic carbocycles. The number of hydrogen-bond donors (Lipinski definition) is 0. The van der Waals surface area contributed by atoms with E-state index in [1.165, 1.54) is 13.0 Å². The molecule has 0 saturated carbocycles. The van der Waals surface area contributed by atoms with Crippen LogP contribution in [0.15, 0.2) is 11.6 Å². The van der Waals surface area contributed by atoms with E-state index in [1.54, 1.807) is 6.92 Å². The predicted molar refractivity (Wildman–Crippen MR) is 35.1 cm³/mol. The number of aldehydes is 1. The summed E-state index contributed by atoms with van der Waals surface area (Å²) in [6, 6.07) is 0. The Morgan fingerprint density at radius 2 is 2.00 bits per heavy atom. The molecule has 0 N–H and O–H groups in total. The van der Waals surface area contributed by atoms with Gasteiger partial charge in [-0.1, -0.05) is 5.57 Å². The van der Waals surface area contributed by atoms with Crippen LogP contribution >= 0.6 is 0 Å². The van der Waals surface area contributed by atoms with Gasteiger partial charge in [0.05, 0.1) is 0 Å². The van der Waals surface area contributed by atoms with Gasteiger partial charge in [-0.2, -0.15) is 0 Å². The molecule has 0 radical (unpaired) electrons. The lowest BCUT2D eigenvalue weighted by molar-refractivity contribution is -0.112. The van der Waals surface area contributed by atoms with Gasteiger partial charge in [-0.3, -0.25) is 4.79 Å². The third kappa shape index (κ3) is 4.94. The summed E-state index contributed by atoms with van der Waals surface area (Å²) in [7, 11) is 0. The lowest BCUT2D eigenvalue weighted by Gasteiger charge is -1.87. The maximum absolute atomic E-state index is 10.3. The predicted octanol–water partition coefficient (Wildman–Crippen LogP) is 1.11. The van der Waals surface area contributed by atoms with Gasteiger partial charge in [-0.25, -0.2) is 0 Å². The van der Waals surface area contributed by atoms with Crippen LogP contribution in [0.25, 0.3) is 0 Å². The molecule has 0 aromatic rings. The zero-order valence-electron chi connectivity index (χ0n) is 5.68. The van der Waals surface area contributed by atoms with E-state index in [9.17, 15) is 9.59 Å². The molecule has 0 rings (SSSR count). The van der Waals surface area contributed by atoms with Crippen molar-refractivity contribution in [3.8, 4) is 0 Å². The van der Waals surface area contributed by atoms with Crippen LogP contribution in [-0.4, -0.2) is 12.1 Å². The normalized spacial score (nSPS) is 11.1. The summed E-state index contributed by atoms with van der Waals surface area (Å²) in [6.07, 6.45) is 2.61. The molecule has 0 amide bonds. The lowest BCUT2D eigenvalue weighted by Crippen LogP contribution is -1.85. The van der Waals surface area contributed by atoms with Gasteiger partial charge < -0.3 is 4.79 Å². The number of hydrogen-bond acceptors (Lipinski definition) is 2. The van der Waals surface area contributed by atoms with Crippen LogP contribution < -0.4 is 0 Å². The maximum atomic E-state index is 10.3. The van der Waals surface area contributed by atoms with E-state index in [4.69, 9.17) is 0 Å². The smallest absolute Gasteiger partial charge is 0.152 e. The standard InChI is InChI=1S/C7H10O2/c1-6(3-4-8)5-7(2)9/h4-5H,3H2,1-2H3. The monoisotopic (exact) mass is 126 g/mol. The van der Waals surface area contributed by atoms with Crippen LogP contribution in [-0.2, 0) is 9.59 Å². The van der Waals surface area contributed by atoms with Gasteiger partial charge in [0.1, 0.15) is 6.29 Å². The quantitative estimate of drug-likeness (QED) is 0.419. The van der Waals surface area contributed by atoms with Gasteiger partial charge in [0.25, 0.3) is 0 Å². The number of allylic oxidation sites excluding steroid dienone is 2. The Morgan fingerprint density at radius 1 is 1.44 bits per heavy atom. The minimum absolute atomic E-state index is 0.00523. The fourth-order valence-electron chi connectivity index (χ4n) is 0.537. The Balaban J connectivity index is 3.83. The first-order valence-corrected chi connectivity index (χ1v) is 2.78. The van der Waals surface area contributed by atoms with Crippen molar-refractivity contribution >= 4 is 12.1 Å². The molecule has 2 nitrogen and oxygen atoms in total. The fourth-order valence-corrected chi connectivity index (χ4v) is 0.537. The second-order valence-electron chi connectivity index (χ2n) is 1.97. The average Bonchev–Trinajstić information content (AvgIpc) is 1.63. The van der Waals surface area contributed by atoms with E-state index in [-0.39, 0.29) is 5.78 Å². The molecular formula is C7H10O2. The second kappa shape index (κ2) is 4.01. The minimum Gasteiger partial charge on any atom is -0.303 e. The van der Waals surface area contributed by atoms with Gasteiger partial charge in [0.15, 0.2) is 5.78 Å². The fraction of sp³-hybridized carbons (Fsp3) is 0.429. The summed E-state index contributed by atoms with van der Waals surface area (Å²) in [4.78, 5) is 20.2. The van der Waals surface area contributed by atoms with E-state index >= 15 is 0 Å². The molecular weight excluding hydrogens is 116 g/mol. The highest BCUT2D eigenvalue weighted by Gasteiger charge is 1.88. The molecule has 0 spiro atoms. The molecule has 0 bridgehead atoms. The minimum atomic E-state index is -0.00523. The number of carbonyl (C=O) groups excluding carboxylic acids is 2. The number of rotatable bonds is 3. The van der Waals surface area contributed by atoms with E-state index in [1.807, 2.05) is 0 Å². The molecule has 0 aliphatic rings. The number of ketones is 1. The Bertz CT molecular complexity index is 145. The van der Waals surface area contributed by atoms with E-state index in [0.717, 1.165) is 11.9 Å². The lowest BCUT2D eigenvalue weighted by atomic mass is 10.2. The largest absolute Gasteiger partial charge is 0.303 e. The van der Waals surface area contributed by atoms with Crippen molar-refractivity contribution in [2.24, 2.45) is 0 Å². The van der Waals surface area contributed by atoms with Crippen LogP contribution in [0.1, 0.15) is 20.3 Å². The van der Waals surface area contributed by atoms with Crippen LogP contribution in [0.4, 0.5) is 0 Å². The van der Waals surface area contributed by atoms with Crippen molar-refractivity contribution < 1.29 is 9.59 Å². The Labute approximate surface area is 54.6 Å². The van der Waals surface area contributed by atoms with E-state index < -0.39 is 0 Å². The molecule has 0 aliphatic heterocycles. The van der Waals surface area contributed by atoms with E-state index in [0.29, 0.717) is 6.42 Å². The second-order valence-corrected chi connectivity index (χ2v) is 1.97. The molecule has 0 unspecified atom stereocenters. The van der Waals surface area contributed by atoms with Gasteiger partial charge in [0.2, 0.25) is 0 Å². The van der Waals surface area contributed by atoms with Crippen molar-refractivity contribution in [1.29, 1.82) is 0 Å². The van der Waals surface area contributed by atoms with Crippen molar-refractivity contribution in [3.63, 3.8) is 0 Å². The molecule has 0 saturated heterocycles. The SMILES string of the molecule is CC(=O)C=C(C)CC=O. The van der Waals surface area contributed by atoms with Crippen LogP contribution in [0.3, 0.4) is 0 Å². The van der Waals surface area contributed by atoms with Crippen LogP contribution in [0, 0.1) is 0 Å². The van der Waals surface area contributed by atoms with Crippen molar-refractivity contribution in [1.82, 2.24) is 0 Å². The van der Waals surface area contributed by atoms with Crippen LogP contribution in [0.5, 0.6) is 0 Å². The zero-order valence-corrected chi connectivity index (χ0v) is 5.68. The van der Waals surface area contributed by atoms with Crippen LogP contribution in [0.2, 0.25) is 0 Å². The van der Waals surface area contributed by atoms with Crippen molar-refractivity contribution in [2.45, 2.75) is 20.3 Å². The number of carbonyl (C=O) groups is 2. The Kier molecular flexibility index (Phi) is 3.60. The summed E-state index contributed by atoms with van der Waals surface area (Å²) in [5.41, 5.74) is 0.817. The molecule has 50 valence electrons. The van der Waals surface area contributed by atoms with E-state index in [2.05, 4.69) is 0 Å². The molecule has 0 atom stereocenters. The first-order chi connectivity index (χ1) is 4.16. The summed E-state index contributed by atoms with van der Waals surface area (Å²) < 4.78 is 0. The average molecular weight is 126 g/mol. The highest BCUT2D eigenvalue weighted by Crippen LogP contribution is 1.95. The van der Waals surface area contributed by atoms with Crippen molar-refractivity contribution in [3.05, 3.63) is 11.6 Å². The molecule has 0 aromatic heterocycles. The topological polar surface area (TPSA) is 34.1 Å². The molecule has 2 heteroatoms. The summed E-state index contributed by atoms with van der Waals surface area (Å²) >= 11 is 0. The first kappa shape index (κ1) is 8.08. The zero-order chi connectivity index (χ0) is 7.28. The third-order valence-electron chi connectivity index (χ3n) is 0.855. The molecule has 9 heavy (non-hydrogen) atoms. The van der Waals surface area contributed by atoms with Gasteiger partial charge in [-0.05, 0) is 19.9 Å². The third-order valence-corrected chi connectivity index (χ3v) is 0.855. The van der Waals surface area contributed by atoms with Gasteiger partial charge in [-0.15, -0.1) is 0 Å². The Hall–Kier alpha value is -0.920. The molecule has 0 fully saturated rings. The first-order valence-electron chi connectivity index (χ1n) is 2.78. The highest BCUT2D eigenvalue weighted by atomic mass is 16.1.